The number of nitriles is 1. The molecule has 2 aromatic carbocycles. The molecule has 0 aliphatic heterocycles. The van der Waals surface area contributed by atoms with Crippen molar-refractivity contribution in [1.29, 1.82) is 5.26 Å². The normalized spacial score (nSPS) is 11.2. The van der Waals surface area contributed by atoms with E-state index in [1.54, 1.807) is 31.2 Å². The monoisotopic (exact) mass is 325 g/mol. The van der Waals surface area contributed by atoms with E-state index in [1.807, 2.05) is 37.3 Å². The molecule has 0 N–H and O–H groups in total. The van der Waals surface area contributed by atoms with Gasteiger partial charge in [0.05, 0.1) is 11.6 Å². The van der Waals surface area contributed by atoms with Crippen LogP contribution >= 0.6 is 0 Å². The van der Waals surface area contributed by atoms with E-state index in [4.69, 9.17) is 19.5 Å². The molecule has 0 aromatic heterocycles. The number of hydrogen-bond donors (Lipinski definition) is 0. The van der Waals surface area contributed by atoms with Crippen LogP contribution in [-0.2, 0) is 9.53 Å². The van der Waals surface area contributed by atoms with Crippen molar-refractivity contribution in [3.05, 3.63) is 59.7 Å². The van der Waals surface area contributed by atoms with Crippen LogP contribution in [0.2, 0.25) is 0 Å². The van der Waals surface area contributed by atoms with Crippen molar-refractivity contribution in [2.45, 2.75) is 20.0 Å². The highest BCUT2D eigenvalue weighted by molar-refractivity contribution is 5.74. The predicted octanol–water partition coefficient (Wildman–Crippen LogP) is 3.26. The maximum Gasteiger partial charge on any atom is 0.347 e. The molecular weight excluding hydrogens is 306 g/mol. The van der Waals surface area contributed by atoms with Crippen LogP contribution < -0.4 is 9.47 Å². The first-order valence-electron chi connectivity index (χ1n) is 7.61. The van der Waals surface area contributed by atoms with Crippen molar-refractivity contribution in [1.82, 2.24) is 0 Å². The Balaban J connectivity index is 1.71. The van der Waals surface area contributed by atoms with Crippen LogP contribution in [0.5, 0.6) is 11.5 Å². The molecule has 1 atom stereocenters. The van der Waals surface area contributed by atoms with Crippen LogP contribution in [0, 0.1) is 18.3 Å². The summed E-state index contributed by atoms with van der Waals surface area (Å²) in [5.74, 6) is 0.778. The minimum atomic E-state index is -0.739. The van der Waals surface area contributed by atoms with E-state index in [9.17, 15) is 4.79 Å². The number of hydrogen-bond acceptors (Lipinski definition) is 5. The summed E-state index contributed by atoms with van der Waals surface area (Å²) in [4.78, 5) is 11.9. The molecule has 124 valence electrons. The first-order chi connectivity index (χ1) is 11.6. The van der Waals surface area contributed by atoms with E-state index in [1.165, 1.54) is 0 Å². The van der Waals surface area contributed by atoms with Crippen LogP contribution in [0.3, 0.4) is 0 Å². The van der Waals surface area contributed by atoms with Crippen molar-refractivity contribution in [3.8, 4) is 17.6 Å². The number of benzene rings is 2. The van der Waals surface area contributed by atoms with Gasteiger partial charge in [0.15, 0.2) is 6.10 Å². The fraction of sp³-hybridized carbons (Fsp3) is 0.263. The van der Waals surface area contributed by atoms with Gasteiger partial charge in [0.25, 0.3) is 0 Å². The lowest BCUT2D eigenvalue weighted by Crippen LogP contribution is -2.27. The molecule has 0 spiro atoms. The summed E-state index contributed by atoms with van der Waals surface area (Å²) in [5.41, 5.74) is 1.69. The summed E-state index contributed by atoms with van der Waals surface area (Å²) in [5, 5.41) is 8.74. The van der Waals surface area contributed by atoms with E-state index in [-0.39, 0.29) is 13.2 Å². The second kappa shape index (κ2) is 8.59. The fourth-order valence-corrected chi connectivity index (χ4v) is 1.91. The lowest BCUT2D eigenvalue weighted by Gasteiger charge is -2.14. The second-order valence-electron chi connectivity index (χ2n) is 5.23. The van der Waals surface area contributed by atoms with Crippen LogP contribution in [0.1, 0.15) is 18.1 Å². The van der Waals surface area contributed by atoms with Gasteiger partial charge in [-0.2, -0.15) is 5.26 Å². The van der Waals surface area contributed by atoms with Gasteiger partial charge < -0.3 is 14.2 Å². The summed E-state index contributed by atoms with van der Waals surface area (Å²) in [6.45, 7) is 4.04. The van der Waals surface area contributed by atoms with Crippen molar-refractivity contribution in [3.63, 3.8) is 0 Å². The average molecular weight is 325 g/mol. The third-order valence-corrected chi connectivity index (χ3v) is 3.25. The molecule has 0 aliphatic carbocycles. The lowest BCUT2D eigenvalue weighted by molar-refractivity contribution is -0.151. The zero-order chi connectivity index (χ0) is 17.4. The van der Waals surface area contributed by atoms with E-state index >= 15 is 0 Å². The summed E-state index contributed by atoms with van der Waals surface area (Å²) in [7, 11) is 0. The Morgan fingerprint density at radius 3 is 2.29 bits per heavy atom. The highest BCUT2D eigenvalue weighted by Crippen LogP contribution is 2.14. The number of nitrogens with zero attached hydrogens (tertiary/aromatic N) is 1. The molecule has 0 aliphatic rings. The minimum absolute atomic E-state index is 0.147. The topological polar surface area (TPSA) is 68.6 Å². The van der Waals surface area contributed by atoms with Gasteiger partial charge in [0.1, 0.15) is 24.7 Å². The van der Waals surface area contributed by atoms with Gasteiger partial charge in [0.2, 0.25) is 0 Å². The standard InChI is InChI=1S/C19H19NO4/c1-14-3-7-17(8-4-14)22-11-12-23-19(21)15(2)24-18-9-5-16(13-20)6-10-18/h3-10,15H,11-12H2,1-2H3/t15-/m1/s1. The van der Waals surface area contributed by atoms with Crippen LogP contribution in [0.25, 0.3) is 0 Å². The van der Waals surface area contributed by atoms with Crippen LogP contribution in [-0.4, -0.2) is 25.3 Å². The van der Waals surface area contributed by atoms with Gasteiger partial charge in [-0.3, -0.25) is 0 Å². The average Bonchev–Trinajstić information content (AvgIpc) is 2.60. The maximum absolute atomic E-state index is 11.9. The number of carbonyl (C=O) groups is 1. The molecule has 0 radical (unpaired) electrons. The Kier molecular flexibility index (Phi) is 6.21. The van der Waals surface area contributed by atoms with E-state index in [2.05, 4.69) is 0 Å². The Hall–Kier alpha value is -3.00. The third-order valence-electron chi connectivity index (χ3n) is 3.25. The number of esters is 1. The van der Waals surface area contributed by atoms with Gasteiger partial charge >= 0.3 is 5.97 Å². The summed E-state index contributed by atoms with van der Waals surface area (Å²) in [6.07, 6.45) is -0.739. The largest absolute Gasteiger partial charge is 0.490 e. The van der Waals surface area contributed by atoms with Crippen molar-refractivity contribution >= 4 is 5.97 Å². The SMILES string of the molecule is Cc1ccc(OCCOC(=O)[C@@H](C)Oc2ccc(C#N)cc2)cc1. The molecule has 0 heterocycles. The first-order valence-corrected chi connectivity index (χ1v) is 7.61. The van der Waals surface area contributed by atoms with Crippen LogP contribution in [0.15, 0.2) is 48.5 Å². The molecule has 2 rings (SSSR count). The van der Waals surface area contributed by atoms with Crippen molar-refractivity contribution in [2.24, 2.45) is 0 Å². The fourth-order valence-electron chi connectivity index (χ4n) is 1.91. The Morgan fingerprint density at radius 1 is 1.04 bits per heavy atom. The van der Waals surface area contributed by atoms with E-state index in [0.29, 0.717) is 11.3 Å². The molecular formula is C19H19NO4. The van der Waals surface area contributed by atoms with Gasteiger partial charge in [-0.1, -0.05) is 17.7 Å². The zero-order valence-corrected chi connectivity index (χ0v) is 13.7. The van der Waals surface area contributed by atoms with Gasteiger partial charge in [0, 0.05) is 0 Å². The zero-order valence-electron chi connectivity index (χ0n) is 13.7. The molecule has 0 bridgehead atoms. The van der Waals surface area contributed by atoms with Crippen LogP contribution in [0.4, 0.5) is 0 Å². The van der Waals surface area contributed by atoms with Crippen molar-refractivity contribution in [2.75, 3.05) is 13.2 Å². The van der Waals surface area contributed by atoms with Gasteiger partial charge in [-0.05, 0) is 50.2 Å². The molecule has 0 amide bonds. The Morgan fingerprint density at radius 2 is 1.67 bits per heavy atom. The van der Waals surface area contributed by atoms with E-state index in [0.717, 1.165) is 11.3 Å². The molecule has 2 aromatic rings. The van der Waals surface area contributed by atoms with Gasteiger partial charge in [-0.25, -0.2) is 4.79 Å². The summed E-state index contributed by atoms with van der Waals surface area (Å²) in [6, 6.07) is 16.2. The molecule has 5 nitrogen and oxygen atoms in total. The Labute approximate surface area is 141 Å². The predicted molar refractivity (Wildman–Crippen MR) is 88.9 cm³/mol. The highest BCUT2D eigenvalue weighted by atomic mass is 16.6. The smallest absolute Gasteiger partial charge is 0.347 e. The lowest BCUT2D eigenvalue weighted by atomic mass is 10.2. The number of aryl methyl sites for hydroxylation is 1. The summed E-state index contributed by atoms with van der Waals surface area (Å²) >= 11 is 0. The minimum Gasteiger partial charge on any atom is -0.490 e. The first kappa shape index (κ1) is 17.4. The second-order valence-corrected chi connectivity index (χ2v) is 5.23. The summed E-state index contributed by atoms with van der Waals surface area (Å²) < 4.78 is 16.1. The maximum atomic E-state index is 11.9. The van der Waals surface area contributed by atoms with Crippen molar-refractivity contribution < 1.29 is 19.0 Å². The molecule has 5 heteroatoms. The number of rotatable bonds is 7. The number of carbonyl (C=O) groups excluding carboxylic acids is 1. The van der Waals surface area contributed by atoms with E-state index < -0.39 is 12.1 Å². The highest BCUT2D eigenvalue weighted by Gasteiger charge is 2.16. The number of ether oxygens (including phenoxy) is 3. The molecule has 0 saturated carbocycles. The third kappa shape index (κ3) is 5.33. The Bertz CT molecular complexity index is 702. The molecule has 0 fully saturated rings. The van der Waals surface area contributed by atoms with Gasteiger partial charge in [-0.15, -0.1) is 0 Å². The quantitative estimate of drug-likeness (QED) is 0.577. The molecule has 0 unspecified atom stereocenters. The molecule has 24 heavy (non-hydrogen) atoms. The molecule has 0 saturated heterocycles.